The van der Waals surface area contributed by atoms with Crippen molar-refractivity contribution < 1.29 is 0 Å². The molecule has 0 bridgehead atoms. The van der Waals surface area contributed by atoms with Gasteiger partial charge in [-0.25, -0.2) is 0 Å². The summed E-state index contributed by atoms with van der Waals surface area (Å²) in [6.45, 7) is 1.01. The van der Waals surface area contributed by atoms with E-state index in [4.69, 9.17) is 23.2 Å². The van der Waals surface area contributed by atoms with Crippen LogP contribution in [0.15, 0.2) is 18.2 Å². The minimum Gasteiger partial charge on any atom is -0.384 e. The molecule has 0 saturated heterocycles. The lowest BCUT2D eigenvalue weighted by Gasteiger charge is -2.16. The molecule has 1 nitrogen and oxygen atoms in total. The summed E-state index contributed by atoms with van der Waals surface area (Å²) in [4.78, 5) is 0. The second kappa shape index (κ2) is 6.51. The predicted molar refractivity (Wildman–Crippen MR) is 76.1 cm³/mol. The van der Waals surface area contributed by atoms with Gasteiger partial charge in [0.2, 0.25) is 0 Å². The van der Waals surface area contributed by atoms with Crippen LogP contribution >= 0.6 is 23.2 Å². The molecule has 2 rings (SSSR count). The van der Waals surface area contributed by atoms with Crippen LogP contribution in [0.1, 0.15) is 38.5 Å². The van der Waals surface area contributed by atoms with E-state index >= 15 is 0 Å². The van der Waals surface area contributed by atoms with Gasteiger partial charge in [0.15, 0.2) is 0 Å². The van der Waals surface area contributed by atoms with E-state index < -0.39 is 0 Å². The van der Waals surface area contributed by atoms with Gasteiger partial charge in [0.05, 0.1) is 15.7 Å². The molecular formula is C14H19Cl2N. The Labute approximate surface area is 114 Å². The van der Waals surface area contributed by atoms with Crippen LogP contribution < -0.4 is 5.32 Å². The third kappa shape index (κ3) is 3.79. The van der Waals surface area contributed by atoms with Crippen molar-refractivity contribution in [3.05, 3.63) is 28.2 Å². The van der Waals surface area contributed by atoms with Gasteiger partial charge in [-0.05, 0) is 30.9 Å². The second-order valence-corrected chi connectivity index (χ2v) is 5.63. The number of anilines is 1. The highest BCUT2D eigenvalue weighted by Gasteiger charge is 2.12. The summed E-state index contributed by atoms with van der Waals surface area (Å²) in [6.07, 6.45) is 8.21. The van der Waals surface area contributed by atoms with Gasteiger partial charge in [-0.3, -0.25) is 0 Å². The van der Waals surface area contributed by atoms with E-state index in [2.05, 4.69) is 5.32 Å². The molecule has 1 fully saturated rings. The maximum Gasteiger partial charge on any atom is 0.0823 e. The van der Waals surface area contributed by atoms with Gasteiger partial charge >= 0.3 is 0 Å². The van der Waals surface area contributed by atoms with Crippen molar-refractivity contribution in [2.75, 3.05) is 11.9 Å². The molecule has 0 spiro atoms. The molecule has 1 aromatic carbocycles. The Balaban J connectivity index is 1.90. The zero-order valence-corrected chi connectivity index (χ0v) is 11.5. The molecule has 1 aliphatic rings. The summed E-state index contributed by atoms with van der Waals surface area (Å²) >= 11 is 12.1. The molecule has 94 valence electrons. The maximum atomic E-state index is 6.15. The second-order valence-electron chi connectivity index (χ2n) is 4.84. The summed E-state index contributed by atoms with van der Waals surface area (Å²) in [5.74, 6) is 0.785. The average Bonchev–Trinajstić information content (AvgIpc) is 2.59. The normalized spacial score (nSPS) is 17.8. The standard InChI is InChI=1S/C14H19Cl2N/c15-12-8-5-9-13(14(12)16)17-10-11-6-3-1-2-4-7-11/h5,8-9,11,17H,1-4,6-7,10H2. The summed E-state index contributed by atoms with van der Waals surface area (Å²) < 4.78 is 0. The zero-order valence-electron chi connectivity index (χ0n) is 10.0. The number of nitrogens with one attached hydrogen (secondary N) is 1. The van der Waals surface area contributed by atoms with Gasteiger partial charge in [-0.2, -0.15) is 0 Å². The Morgan fingerprint density at radius 2 is 1.76 bits per heavy atom. The molecule has 1 aliphatic carbocycles. The minimum atomic E-state index is 0.623. The van der Waals surface area contributed by atoms with Crippen LogP contribution in [-0.4, -0.2) is 6.54 Å². The van der Waals surface area contributed by atoms with E-state index in [-0.39, 0.29) is 0 Å². The van der Waals surface area contributed by atoms with Crippen LogP contribution in [0.2, 0.25) is 10.0 Å². The average molecular weight is 272 g/mol. The van der Waals surface area contributed by atoms with Gasteiger partial charge in [-0.1, -0.05) is 55.0 Å². The fourth-order valence-electron chi connectivity index (χ4n) is 2.46. The molecule has 0 heterocycles. The Bertz CT molecular complexity index is 357. The van der Waals surface area contributed by atoms with Crippen molar-refractivity contribution in [1.29, 1.82) is 0 Å². The molecule has 0 aromatic heterocycles. The molecule has 1 N–H and O–H groups in total. The predicted octanol–water partition coefficient (Wildman–Crippen LogP) is 5.38. The fraction of sp³-hybridized carbons (Fsp3) is 0.571. The summed E-state index contributed by atoms with van der Waals surface area (Å²) in [6, 6.07) is 5.75. The van der Waals surface area contributed by atoms with Gasteiger partial charge in [0.1, 0.15) is 0 Å². The molecule has 0 amide bonds. The van der Waals surface area contributed by atoms with Gasteiger partial charge in [-0.15, -0.1) is 0 Å². The summed E-state index contributed by atoms with van der Waals surface area (Å²) in [7, 11) is 0. The Morgan fingerprint density at radius 1 is 1.06 bits per heavy atom. The van der Waals surface area contributed by atoms with Crippen molar-refractivity contribution >= 4 is 28.9 Å². The topological polar surface area (TPSA) is 12.0 Å². The van der Waals surface area contributed by atoms with E-state index in [1.807, 2.05) is 18.2 Å². The monoisotopic (exact) mass is 271 g/mol. The van der Waals surface area contributed by atoms with E-state index in [0.717, 1.165) is 18.2 Å². The first-order chi connectivity index (χ1) is 8.27. The van der Waals surface area contributed by atoms with Crippen molar-refractivity contribution in [2.45, 2.75) is 38.5 Å². The minimum absolute atomic E-state index is 0.623. The van der Waals surface area contributed by atoms with Gasteiger partial charge in [0, 0.05) is 6.54 Å². The zero-order chi connectivity index (χ0) is 12.1. The number of benzene rings is 1. The summed E-state index contributed by atoms with van der Waals surface area (Å²) in [5.41, 5.74) is 0.961. The first kappa shape index (κ1) is 13.0. The molecule has 0 atom stereocenters. The van der Waals surface area contributed by atoms with E-state index in [1.165, 1.54) is 38.5 Å². The van der Waals surface area contributed by atoms with Crippen molar-refractivity contribution in [3.63, 3.8) is 0 Å². The molecule has 3 heteroatoms. The van der Waals surface area contributed by atoms with Crippen LogP contribution in [0, 0.1) is 5.92 Å². The smallest absolute Gasteiger partial charge is 0.0823 e. The maximum absolute atomic E-state index is 6.15. The van der Waals surface area contributed by atoms with E-state index in [0.29, 0.717) is 10.0 Å². The van der Waals surface area contributed by atoms with Crippen LogP contribution in [-0.2, 0) is 0 Å². The Hall–Kier alpha value is -0.400. The highest BCUT2D eigenvalue weighted by Crippen LogP contribution is 2.30. The third-order valence-corrected chi connectivity index (χ3v) is 4.33. The van der Waals surface area contributed by atoms with E-state index in [1.54, 1.807) is 0 Å². The lowest BCUT2D eigenvalue weighted by molar-refractivity contribution is 0.483. The SMILES string of the molecule is Clc1cccc(NCC2CCCCCC2)c1Cl. The quantitative estimate of drug-likeness (QED) is 0.729. The molecule has 0 radical (unpaired) electrons. The molecular weight excluding hydrogens is 253 g/mol. The first-order valence-electron chi connectivity index (χ1n) is 6.45. The molecule has 17 heavy (non-hydrogen) atoms. The van der Waals surface area contributed by atoms with Crippen molar-refractivity contribution in [2.24, 2.45) is 5.92 Å². The van der Waals surface area contributed by atoms with Gasteiger partial charge in [0.25, 0.3) is 0 Å². The van der Waals surface area contributed by atoms with Crippen LogP contribution in [0.5, 0.6) is 0 Å². The van der Waals surface area contributed by atoms with Crippen LogP contribution in [0.3, 0.4) is 0 Å². The highest BCUT2D eigenvalue weighted by molar-refractivity contribution is 6.43. The first-order valence-corrected chi connectivity index (χ1v) is 7.21. The largest absolute Gasteiger partial charge is 0.384 e. The van der Waals surface area contributed by atoms with Crippen LogP contribution in [0.25, 0.3) is 0 Å². The Kier molecular flexibility index (Phi) is 4.99. The molecule has 1 saturated carbocycles. The van der Waals surface area contributed by atoms with E-state index in [9.17, 15) is 0 Å². The number of rotatable bonds is 3. The number of hydrogen-bond acceptors (Lipinski definition) is 1. The van der Waals surface area contributed by atoms with Crippen LogP contribution in [0.4, 0.5) is 5.69 Å². The van der Waals surface area contributed by atoms with Gasteiger partial charge < -0.3 is 5.32 Å². The Morgan fingerprint density at radius 3 is 2.47 bits per heavy atom. The number of hydrogen-bond donors (Lipinski definition) is 1. The third-order valence-electron chi connectivity index (χ3n) is 3.51. The number of halogens is 2. The highest BCUT2D eigenvalue weighted by atomic mass is 35.5. The summed E-state index contributed by atoms with van der Waals surface area (Å²) in [5, 5.41) is 4.70. The lowest BCUT2D eigenvalue weighted by Crippen LogP contribution is -2.13. The fourth-order valence-corrected chi connectivity index (χ4v) is 2.83. The van der Waals surface area contributed by atoms with Crippen molar-refractivity contribution in [1.82, 2.24) is 0 Å². The molecule has 0 unspecified atom stereocenters. The molecule has 1 aromatic rings. The van der Waals surface area contributed by atoms with Crippen molar-refractivity contribution in [3.8, 4) is 0 Å². The molecule has 0 aliphatic heterocycles. The lowest BCUT2D eigenvalue weighted by atomic mass is 10.0.